The lowest BCUT2D eigenvalue weighted by Crippen LogP contribution is -2.47. The zero-order valence-corrected chi connectivity index (χ0v) is 11.5. The van der Waals surface area contributed by atoms with Crippen molar-refractivity contribution in [2.75, 3.05) is 26.2 Å². The number of likely N-dealkylation sites (N-methyl/N-ethyl adjacent to an activating group) is 1. The highest BCUT2D eigenvalue weighted by Gasteiger charge is 2.23. The second kappa shape index (κ2) is 8.08. The summed E-state index contributed by atoms with van der Waals surface area (Å²) in [4.78, 5) is 2.74. The first-order valence-corrected chi connectivity index (χ1v) is 7.26. The lowest BCUT2D eigenvalue weighted by atomic mass is 9.93. The van der Waals surface area contributed by atoms with E-state index in [1.54, 1.807) is 0 Å². The van der Waals surface area contributed by atoms with E-state index in [0.29, 0.717) is 0 Å². The Bertz CT molecular complexity index is 168. The summed E-state index contributed by atoms with van der Waals surface area (Å²) < 4.78 is 0. The molecule has 0 radical (unpaired) electrons. The molecule has 2 atom stereocenters. The monoisotopic (exact) mass is 226 g/mol. The van der Waals surface area contributed by atoms with E-state index in [1.165, 1.54) is 51.7 Å². The van der Waals surface area contributed by atoms with Gasteiger partial charge in [-0.1, -0.05) is 33.6 Å². The standard InChI is InChI=1S/C14H30N2/c1-4-8-14(11-15-6-3)16-10-7-9-13(5-2)12-16/h13-15H,4-12H2,1-3H3. The fourth-order valence-corrected chi connectivity index (χ4v) is 2.82. The van der Waals surface area contributed by atoms with Crippen molar-refractivity contribution in [1.29, 1.82) is 0 Å². The number of nitrogens with zero attached hydrogens (tertiary/aromatic N) is 1. The molecule has 1 rings (SSSR count). The molecule has 0 aliphatic carbocycles. The van der Waals surface area contributed by atoms with Crippen molar-refractivity contribution < 1.29 is 0 Å². The predicted octanol–water partition coefficient (Wildman–Crippen LogP) is 2.89. The molecule has 2 heteroatoms. The molecule has 1 saturated heterocycles. The largest absolute Gasteiger partial charge is 0.315 e. The summed E-state index contributed by atoms with van der Waals surface area (Å²) in [5.41, 5.74) is 0. The number of hydrogen-bond donors (Lipinski definition) is 1. The highest BCUT2D eigenvalue weighted by molar-refractivity contribution is 4.80. The van der Waals surface area contributed by atoms with Gasteiger partial charge < -0.3 is 5.32 Å². The third-order valence-electron chi connectivity index (χ3n) is 3.90. The van der Waals surface area contributed by atoms with Crippen molar-refractivity contribution >= 4 is 0 Å². The zero-order valence-electron chi connectivity index (χ0n) is 11.5. The maximum Gasteiger partial charge on any atom is 0.0220 e. The summed E-state index contributed by atoms with van der Waals surface area (Å²) in [5.74, 6) is 0.953. The van der Waals surface area contributed by atoms with Crippen LogP contribution in [0, 0.1) is 5.92 Å². The fraction of sp³-hybridized carbons (Fsp3) is 1.00. The van der Waals surface area contributed by atoms with Crippen LogP contribution in [0.2, 0.25) is 0 Å². The van der Waals surface area contributed by atoms with Gasteiger partial charge in [-0.25, -0.2) is 0 Å². The third-order valence-corrected chi connectivity index (χ3v) is 3.90. The molecule has 1 N–H and O–H groups in total. The van der Waals surface area contributed by atoms with Crippen LogP contribution >= 0.6 is 0 Å². The molecular weight excluding hydrogens is 196 g/mol. The van der Waals surface area contributed by atoms with Crippen LogP contribution in [-0.4, -0.2) is 37.1 Å². The van der Waals surface area contributed by atoms with Gasteiger partial charge in [0.05, 0.1) is 0 Å². The first-order valence-electron chi connectivity index (χ1n) is 7.26. The van der Waals surface area contributed by atoms with Crippen molar-refractivity contribution in [2.45, 2.75) is 58.9 Å². The number of likely N-dealkylation sites (tertiary alicyclic amines) is 1. The van der Waals surface area contributed by atoms with E-state index in [-0.39, 0.29) is 0 Å². The van der Waals surface area contributed by atoms with Gasteiger partial charge in [0.15, 0.2) is 0 Å². The van der Waals surface area contributed by atoms with E-state index in [2.05, 4.69) is 31.0 Å². The summed E-state index contributed by atoms with van der Waals surface area (Å²) in [6.07, 6.45) is 6.88. The molecule has 16 heavy (non-hydrogen) atoms. The minimum Gasteiger partial charge on any atom is -0.315 e. The highest BCUT2D eigenvalue weighted by atomic mass is 15.2. The number of nitrogens with one attached hydrogen (secondary N) is 1. The van der Waals surface area contributed by atoms with Crippen LogP contribution in [0.25, 0.3) is 0 Å². The van der Waals surface area contributed by atoms with Crippen LogP contribution in [0.3, 0.4) is 0 Å². The van der Waals surface area contributed by atoms with Crippen LogP contribution in [0.1, 0.15) is 52.9 Å². The molecule has 0 aromatic rings. The fourth-order valence-electron chi connectivity index (χ4n) is 2.82. The second-order valence-corrected chi connectivity index (χ2v) is 5.16. The van der Waals surface area contributed by atoms with Gasteiger partial charge in [-0.15, -0.1) is 0 Å². The Morgan fingerprint density at radius 1 is 1.31 bits per heavy atom. The molecule has 1 fully saturated rings. The summed E-state index contributed by atoms with van der Waals surface area (Å²) >= 11 is 0. The molecule has 96 valence electrons. The molecule has 1 heterocycles. The smallest absolute Gasteiger partial charge is 0.0220 e. The SMILES string of the molecule is CCCC(CNCC)N1CCCC(CC)C1. The number of piperidine rings is 1. The summed E-state index contributed by atoms with van der Waals surface area (Å²) in [6, 6.07) is 0.777. The Morgan fingerprint density at radius 3 is 2.75 bits per heavy atom. The molecule has 0 spiro atoms. The quantitative estimate of drug-likeness (QED) is 0.718. The average molecular weight is 226 g/mol. The summed E-state index contributed by atoms with van der Waals surface area (Å²) in [6.45, 7) is 11.8. The van der Waals surface area contributed by atoms with E-state index >= 15 is 0 Å². The molecule has 0 aromatic heterocycles. The molecule has 0 saturated carbocycles. The van der Waals surface area contributed by atoms with Gasteiger partial charge in [0.1, 0.15) is 0 Å². The minimum atomic E-state index is 0.777. The zero-order chi connectivity index (χ0) is 11.8. The van der Waals surface area contributed by atoms with Crippen LogP contribution in [0.4, 0.5) is 0 Å². The van der Waals surface area contributed by atoms with Crippen LogP contribution in [0.15, 0.2) is 0 Å². The molecule has 0 amide bonds. The van der Waals surface area contributed by atoms with Gasteiger partial charge in [-0.05, 0) is 38.3 Å². The number of hydrogen-bond acceptors (Lipinski definition) is 2. The Balaban J connectivity index is 2.41. The molecule has 0 bridgehead atoms. The third kappa shape index (κ3) is 4.42. The number of rotatable bonds is 7. The van der Waals surface area contributed by atoms with E-state index in [9.17, 15) is 0 Å². The maximum atomic E-state index is 3.52. The van der Waals surface area contributed by atoms with Gasteiger partial charge in [0.2, 0.25) is 0 Å². The Labute approximate surface area is 102 Å². The molecule has 1 aliphatic rings. The molecule has 2 unspecified atom stereocenters. The van der Waals surface area contributed by atoms with E-state index < -0.39 is 0 Å². The second-order valence-electron chi connectivity index (χ2n) is 5.16. The highest BCUT2D eigenvalue weighted by Crippen LogP contribution is 2.22. The average Bonchev–Trinajstić information content (AvgIpc) is 2.34. The van der Waals surface area contributed by atoms with Gasteiger partial charge in [0.25, 0.3) is 0 Å². The lowest BCUT2D eigenvalue weighted by molar-refractivity contribution is 0.113. The summed E-state index contributed by atoms with van der Waals surface area (Å²) in [7, 11) is 0. The Morgan fingerprint density at radius 2 is 2.12 bits per heavy atom. The lowest BCUT2D eigenvalue weighted by Gasteiger charge is -2.38. The van der Waals surface area contributed by atoms with Gasteiger partial charge in [-0.3, -0.25) is 4.90 Å². The van der Waals surface area contributed by atoms with Gasteiger partial charge in [-0.2, -0.15) is 0 Å². The van der Waals surface area contributed by atoms with Crippen molar-refractivity contribution in [1.82, 2.24) is 10.2 Å². The molecule has 0 aromatic carbocycles. The van der Waals surface area contributed by atoms with Crippen molar-refractivity contribution in [2.24, 2.45) is 5.92 Å². The maximum absolute atomic E-state index is 3.52. The minimum absolute atomic E-state index is 0.777. The van der Waals surface area contributed by atoms with Gasteiger partial charge >= 0.3 is 0 Å². The van der Waals surface area contributed by atoms with Crippen molar-refractivity contribution in [3.63, 3.8) is 0 Å². The van der Waals surface area contributed by atoms with Crippen molar-refractivity contribution in [3.8, 4) is 0 Å². The Hall–Kier alpha value is -0.0800. The normalized spacial score (nSPS) is 24.6. The first-order chi connectivity index (χ1) is 7.81. The van der Waals surface area contributed by atoms with Crippen LogP contribution < -0.4 is 5.32 Å². The van der Waals surface area contributed by atoms with Crippen LogP contribution in [-0.2, 0) is 0 Å². The first kappa shape index (κ1) is 14.0. The summed E-state index contributed by atoms with van der Waals surface area (Å²) in [5, 5.41) is 3.52. The van der Waals surface area contributed by atoms with Gasteiger partial charge in [0, 0.05) is 19.1 Å². The molecular formula is C14H30N2. The molecule has 1 aliphatic heterocycles. The van der Waals surface area contributed by atoms with E-state index in [1.807, 2.05) is 0 Å². The van der Waals surface area contributed by atoms with E-state index in [4.69, 9.17) is 0 Å². The topological polar surface area (TPSA) is 15.3 Å². The molecule has 2 nitrogen and oxygen atoms in total. The van der Waals surface area contributed by atoms with Crippen LogP contribution in [0.5, 0.6) is 0 Å². The predicted molar refractivity (Wildman–Crippen MR) is 71.8 cm³/mol. The Kier molecular flexibility index (Phi) is 7.06. The van der Waals surface area contributed by atoms with E-state index in [0.717, 1.165) is 18.5 Å². The van der Waals surface area contributed by atoms with Crippen molar-refractivity contribution in [3.05, 3.63) is 0 Å².